The van der Waals surface area contributed by atoms with Gasteiger partial charge in [-0.3, -0.25) is 5.10 Å². The number of hydrogen-bond donors (Lipinski definition) is 3. The van der Waals surface area contributed by atoms with Gasteiger partial charge in [0, 0.05) is 36.6 Å². The number of ether oxygens (including phenoxy) is 1. The summed E-state index contributed by atoms with van der Waals surface area (Å²) in [6.45, 7) is 3.72. The minimum absolute atomic E-state index is 0.466. The van der Waals surface area contributed by atoms with Crippen LogP contribution in [0.25, 0.3) is 28.1 Å². The fraction of sp³-hybridized carbons (Fsp3) is 0.286. The lowest BCUT2D eigenvalue weighted by molar-refractivity contribution is 0.274. The topological polar surface area (TPSA) is 92.7 Å². The van der Waals surface area contributed by atoms with E-state index in [1.165, 1.54) is 0 Å². The second kappa shape index (κ2) is 8.02. The largest absolute Gasteiger partial charge is 0.494 e. The third-order valence-electron chi connectivity index (χ3n) is 5.15. The molecule has 2 aromatic heterocycles. The molecule has 8 heteroatoms. The highest BCUT2D eigenvalue weighted by Crippen LogP contribution is 2.31. The number of benzene rings is 2. The molecule has 3 N–H and O–H groups in total. The zero-order valence-electron chi connectivity index (χ0n) is 16.0. The number of para-hydroxylation sites is 1. The summed E-state index contributed by atoms with van der Waals surface area (Å²) >= 11 is 0. The lowest BCUT2D eigenvalue weighted by Crippen LogP contribution is -2.48. The molecule has 1 atom stereocenters. The number of rotatable bonds is 6. The molecule has 1 fully saturated rings. The summed E-state index contributed by atoms with van der Waals surface area (Å²) in [6.07, 6.45) is 2.52. The van der Waals surface area contributed by atoms with Gasteiger partial charge in [0.15, 0.2) is 0 Å². The summed E-state index contributed by atoms with van der Waals surface area (Å²) in [5.74, 6) is 1.37. The van der Waals surface area contributed by atoms with Crippen molar-refractivity contribution >= 4 is 10.9 Å². The fourth-order valence-electron chi connectivity index (χ4n) is 3.71. The van der Waals surface area contributed by atoms with E-state index >= 15 is 0 Å². The van der Waals surface area contributed by atoms with Gasteiger partial charge in [0.25, 0.3) is 5.95 Å². The predicted molar refractivity (Wildman–Crippen MR) is 111 cm³/mol. The van der Waals surface area contributed by atoms with E-state index in [2.05, 4.69) is 37.9 Å². The van der Waals surface area contributed by atoms with E-state index in [0.717, 1.165) is 54.0 Å². The molecule has 148 valence electrons. The van der Waals surface area contributed by atoms with Crippen molar-refractivity contribution in [3.63, 3.8) is 0 Å². The maximum atomic E-state index is 6.03. The number of nitrogens with zero attached hydrogens (tertiary/aromatic N) is 4. The number of piperazine rings is 1. The highest BCUT2D eigenvalue weighted by molar-refractivity contribution is 5.94. The molecule has 0 spiro atoms. The summed E-state index contributed by atoms with van der Waals surface area (Å²) in [6, 6.07) is 16.7. The number of aromatic amines is 1. The second-order valence-corrected chi connectivity index (χ2v) is 7.10. The molecule has 5 rings (SSSR count). The zero-order valence-corrected chi connectivity index (χ0v) is 16.0. The van der Waals surface area contributed by atoms with Crippen molar-refractivity contribution in [3.8, 4) is 23.0 Å². The molecule has 3 heterocycles. The van der Waals surface area contributed by atoms with E-state index < -0.39 is 0 Å². The second-order valence-electron chi connectivity index (χ2n) is 7.10. The average molecular weight is 389 g/mol. The Morgan fingerprint density at radius 2 is 2.07 bits per heavy atom. The molecule has 0 aliphatic carbocycles. The Kier molecular flexibility index (Phi) is 4.93. The van der Waals surface area contributed by atoms with E-state index in [1.54, 1.807) is 11.0 Å². The molecular weight excluding hydrogens is 366 g/mol. The molecule has 0 bridgehead atoms. The van der Waals surface area contributed by atoms with Gasteiger partial charge in [-0.25, -0.2) is 0 Å². The van der Waals surface area contributed by atoms with Crippen LogP contribution in [0.1, 0.15) is 6.42 Å². The molecule has 1 aliphatic rings. The molecule has 4 aromatic rings. The van der Waals surface area contributed by atoms with Gasteiger partial charge in [-0.05, 0) is 24.6 Å². The maximum absolute atomic E-state index is 6.03. The first-order valence-electron chi connectivity index (χ1n) is 9.90. The number of fused-ring (bicyclic) bond motifs is 1. The summed E-state index contributed by atoms with van der Waals surface area (Å²) in [5.41, 5.74) is 2.85. The molecule has 0 saturated carbocycles. The smallest absolute Gasteiger partial charge is 0.269 e. The van der Waals surface area contributed by atoms with Crippen molar-refractivity contribution < 1.29 is 4.74 Å². The Morgan fingerprint density at radius 3 is 2.93 bits per heavy atom. The zero-order chi connectivity index (χ0) is 19.5. The molecule has 0 amide bonds. The lowest BCUT2D eigenvalue weighted by Gasteiger charge is -2.24. The monoisotopic (exact) mass is 389 g/mol. The van der Waals surface area contributed by atoms with Crippen LogP contribution in [0.15, 0.2) is 54.9 Å². The van der Waals surface area contributed by atoms with Crippen LogP contribution < -0.4 is 15.4 Å². The fourth-order valence-corrected chi connectivity index (χ4v) is 3.71. The highest BCUT2D eigenvalue weighted by Gasteiger charge is 2.16. The van der Waals surface area contributed by atoms with Crippen LogP contribution in [0.2, 0.25) is 0 Å². The average Bonchev–Trinajstić information content (AvgIpc) is 3.43. The van der Waals surface area contributed by atoms with Crippen LogP contribution in [0.3, 0.4) is 0 Å². The first-order chi connectivity index (χ1) is 14.4. The van der Waals surface area contributed by atoms with Crippen LogP contribution >= 0.6 is 0 Å². The van der Waals surface area contributed by atoms with E-state index in [-0.39, 0.29) is 0 Å². The van der Waals surface area contributed by atoms with Gasteiger partial charge in [-0.1, -0.05) is 30.3 Å². The normalized spacial score (nSPS) is 16.9. The van der Waals surface area contributed by atoms with E-state index in [0.29, 0.717) is 18.6 Å². The molecule has 1 saturated heterocycles. The minimum atomic E-state index is 0.466. The Bertz CT molecular complexity index is 1080. The van der Waals surface area contributed by atoms with Gasteiger partial charge < -0.3 is 15.4 Å². The first-order valence-corrected chi connectivity index (χ1v) is 9.90. The number of nitrogens with one attached hydrogen (secondary N) is 3. The number of hydrogen-bond acceptors (Lipinski definition) is 6. The minimum Gasteiger partial charge on any atom is -0.494 e. The van der Waals surface area contributed by atoms with Crippen LogP contribution in [-0.4, -0.2) is 57.2 Å². The van der Waals surface area contributed by atoms with Crippen LogP contribution in [0, 0.1) is 0 Å². The van der Waals surface area contributed by atoms with Crippen molar-refractivity contribution in [2.45, 2.75) is 12.5 Å². The van der Waals surface area contributed by atoms with Crippen LogP contribution in [-0.2, 0) is 0 Å². The first kappa shape index (κ1) is 17.8. The van der Waals surface area contributed by atoms with Gasteiger partial charge in [0.05, 0.1) is 12.1 Å². The van der Waals surface area contributed by atoms with Crippen molar-refractivity contribution in [2.24, 2.45) is 0 Å². The molecule has 8 nitrogen and oxygen atoms in total. The van der Waals surface area contributed by atoms with Gasteiger partial charge in [-0.15, -0.1) is 5.10 Å². The third-order valence-corrected chi connectivity index (χ3v) is 5.15. The van der Waals surface area contributed by atoms with Gasteiger partial charge in [-0.2, -0.15) is 14.8 Å². The standard InChI is InChI=1S/C21H23N7O/c1-2-7-19-18(6-1)20(27-28(19)21-24-14-25-26-21)15-4-3-5-17(12-15)29-11-8-16-13-22-9-10-23-16/h1-7,12,14,16,22-23H,8-11,13H2,(H,24,25,26)/t16-/m0/s1. The summed E-state index contributed by atoms with van der Waals surface area (Å²) < 4.78 is 7.79. The van der Waals surface area contributed by atoms with Gasteiger partial charge in [0.1, 0.15) is 17.8 Å². The van der Waals surface area contributed by atoms with E-state index in [4.69, 9.17) is 9.84 Å². The van der Waals surface area contributed by atoms with Crippen molar-refractivity contribution in [1.82, 2.24) is 35.6 Å². The quantitative estimate of drug-likeness (QED) is 0.468. The Morgan fingerprint density at radius 1 is 1.10 bits per heavy atom. The van der Waals surface area contributed by atoms with Gasteiger partial charge >= 0.3 is 0 Å². The lowest BCUT2D eigenvalue weighted by atomic mass is 10.1. The highest BCUT2D eigenvalue weighted by atomic mass is 16.5. The van der Waals surface area contributed by atoms with Crippen molar-refractivity contribution in [2.75, 3.05) is 26.2 Å². The molecular formula is C21H23N7O. The molecule has 1 aliphatic heterocycles. The van der Waals surface area contributed by atoms with Crippen LogP contribution in [0.4, 0.5) is 0 Å². The number of aromatic nitrogens is 5. The summed E-state index contributed by atoms with van der Waals surface area (Å²) in [5, 5.41) is 19.7. The van der Waals surface area contributed by atoms with Crippen molar-refractivity contribution in [3.05, 3.63) is 54.9 Å². The van der Waals surface area contributed by atoms with Gasteiger partial charge in [0.2, 0.25) is 0 Å². The Balaban J connectivity index is 1.40. The summed E-state index contributed by atoms with van der Waals surface area (Å²) in [7, 11) is 0. The van der Waals surface area contributed by atoms with Crippen LogP contribution in [0.5, 0.6) is 5.75 Å². The molecule has 2 aromatic carbocycles. The third kappa shape index (κ3) is 3.72. The molecule has 0 unspecified atom stereocenters. The Labute approximate surface area is 168 Å². The maximum Gasteiger partial charge on any atom is 0.269 e. The SMILES string of the molecule is c1cc(OCC[C@H]2CNCCN2)cc(-c2nn(-c3nc[nH]n3)c3ccccc23)c1. The van der Waals surface area contributed by atoms with E-state index in [1.807, 2.05) is 36.4 Å². The summed E-state index contributed by atoms with van der Waals surface area (Å²) in [4.78, 5) is 4.24. The van der Waals surface area contributed by atoms with E-state index in [9.17, 15) is 0 Å². The predicted octanol–water partition coefficient (Wildman–Crippen LogP) is 2.14. The molecule has 0 radical (unpaired) electrons. The van der Waals surface area contributed by atoms with Crippen molar-refractivity contribution in [1.29, 1.82) is 0 Å². The molecule has 29 heavy (non-hydrogen) atoms. The number of H-pyrrole nitrogens is 1. The Hall–Kier alpha value is -3.23.